The average molecular weight is 424 g/mol. The van der Waals surface area contributed by atoms with Crippen molar-refractivity contribution in [1.82, 2.24) is 0 Å². The predicted molar refractivity (Wildman–Crippen MR) is 123 cm³/mol. The van der Waals surface area contributed by atoms with Gasteiger partial charge >= 0.3 is 0 Å². The summed E-state index contributed by atoms with van der Waals surface area (Å²) in [4.78, 5) is 8.58. The van der Waals surface area contributed by atoms with Crippen LogP contribution >= 0.6 is 0 Å². The van der Waals surface area contributed by atoms with Gasteiger partial charge in [-0.25, -0.2) is 8.78 Å². The summed E-state index contributed by atoms with van der Waals surface area (Å²) >= 11 is 0. The zero-order chi connectivity index (χ0) is 22.6. The van der Waals surface area contributed by atoms with E-state index in [1.807, 2.05) is 30.3 Å². The number of carbonyl (C=O) groups is 1. The molecule has 0 bridgehead atoms. The maximum atomic E-state index is 14.0. The molecule has 0 fully saturated rings. The summed E-state index contributed by atoms with van der Waals surface area (Å²) in [6.07, 6.45) is 6.57. The molecule has 2 aromatic rings. The number of halogens is 2. The van der Waals surface area contributed by atoms with Crippen molar-refractivity contribution in [2.75, 3.05) is 0 Å². The van der Waals surface area contributed by atoms with Crippen LogP contribution < -0.4 is 11.1 Å². The van der Waals surface area contributed by atoms with Gasteiger partial charge in [-0.1, -0.05) is 54.6 Å². The van der Waals surface area contributed by atoms with Gasteiger partial charge in [0.05, 0.1) is 6.20 Å². The second-order valence-electron chi connectivity index (χ2n) is 7.18. The van der Waals surface area contributed by atoms with Crippen molar-refractivity contribution in [2.45, 2.75) is 33.2 Å². The number of allylic oxidation sites excluding steroid dienone is 7. The average Bonchev–Trinajstić information content (AvgIpc) is 2.78. The van der Waals surface area contributed by atoms with E-state index < -0.39 is 5.83 Å². The van der Waals surface area contributed by atoms with Gasteiger partial charge in [-0.3, -0.25) is 4.79 Å². The Kier molecular flexibility index (Phi) is 9.59. The molecule has 0 spiro atoms. The fraction of sp³-hybridized carbons (Fsp3) is 0.192. The highest BCUT2D eigenvalue weighted by molar-refractivity contribution is 5.80. The topological polar surface area (TPSA) is 59.7 Å². The number of quaternary nitrogens is 1. The highest BCUT2D eigenvalue weighted by atomic mass is 19.1. The predicted octanol–water partition coefficient (Wildman–Crippen LogP) is 5.19. The first-order valence-corrected chi connectivity index (χ1v) is 10.2. The molecule has 3 rings (SSSR count). The monoisotopic (exact) mass is 423 g/mol. The van der Waals surface area contributed by atoms with Gasteiger partial charge in [0, 0.05) is 17.6 Å². The van der Waals surface area contributed by atoms with E-state index in [0.29, 0.717) is 12.0 Å². The fourth-order valence-corrected chi connectivity index (χ4v) is 3.25. The summed E-state index contributed by atoms with van der Waals surface area (Å²) in [6, 6.07) is 17.8. The van der Waals surface area contributed by atoms with Gasteiger partial charge in [0.2, 0.25) is 6.41 Å². The molecule has 0 aromatic heterocycles. The Labute approximate surface area is 182 Å². The standard InChI is InChI=1S/C25H25F2N.CH3NO/c1-18(15-16-28-17-20-7-4-3-5-8-20)19(2)21-11-13-22(14-12-21)25-23(26)9-6-10-24(25)27;2-1-3/h3-5,7-9,11-16,28H,6,10,17H2,1-2H3;1H,(H2,2,3)/p+1/b16-15-,19-18+;. The Morgan fingerprint density at radius 3 is 2.32 bits per heavy atom. The van der Waals surface area contributed by atoms with Crippen molar-refractivity contribution in [2.24, 2.45) is 5.73 Å². The van der Waals surface area contributed by atoms with E-state index in [-0.39, 0.29) is 24.2 Å². The molecule has 4 N–H and O–H groups in total. The number of amides is 1. The van der Waals surface area contributed by atoms with Crippen molar-refractivity contribution >= 4 is 17.6 Å². The van der Waals surface area contributed by atoms with Crippen LogP contribution in [0.25, 0.3) is 11.1 Å². The molecule has 0 saturated carbocycles. The summed E-state index contributed by atoms with van der Waals surface area (Å²) in [7, 11) is 0. The molecule has 1 aliphatic carbocycles. The molecule has 5 heteroatoms. The Hall–Kier alpha value is -3.31. The number of primary amides is 1. The molecule has 0 atom stereocenters. The molecule has 0 aliphatic heterocycles. The molecule has 0 heterocycles. The Bertz CT molecular complexity index is 988. The highest BCUT2D eigenvalue weighted by Gasteiger charge is 2.18. The lowest BCUT2D eigenvalue weighted by atomic mass is 9.94. The SMILES string of the molecule is CC(/C=C\[NH2+]Cc1ccccc1)=C(/C)c1ccc(C2=C(F)CCC=C2F)cc1.NC=O. The van der Waals surface area contributed by atoms with E-state index in [0.717, 1.165) is 23.3 Å². The number of hydrogen-bond acceptors (Lipinski definition) is 1. The minimum Gasteiger partial charge on any atom is -0.372 e. The lowest BCUT2D eigenvalue weighted by molar-refractivity contribution is -0.604. The van der Waals surface area contributed by atoms with E-state index in [2.05, 4.69) is 49.3 Å². The third kappa shape index (κ3) is 7.15. The summed E-state index contributed by atoms with van der Waals surface area (Å²) < 4.78 is 28.1. The molecule has 31 heavy (non-hydrogen) atoms. The van der Waals surface area contributed by atoms with Gasteiger partial charge in [0.15, 0.2) is 0 Å². The number of hydrogen-bond donors (Lipinski definition) is 2. The highest BCUT2D eigenvalue weighted by Crippen LogP contribution is 2.35. The number of carbonyl (C=O) groups excluding carboxylic acids is 1. The Morgan fingerprint density at radius 1 is 1.06 bits per heavy atom. The minimum absolute atomic E-state index is 0.103. The van der Waals surface area contributed by atoms with E-state index >= 15 is 0 Å². The van der Waals surface area contributed by atoms with Crippen LogP contribution in [0, 0.1) is 0 Å². The van der Waals surface area contributed by atoms with Crippen LogP contribution in [0.15, 0.2) is 90.2 Å². The second-order valence-corrected chi connectivity index (χ2v) is 7.18. The first-order chi connectivity index (χ1) is 15.0. The number of benzene rings is 2. The summed E-state index contributed by atoms with van der Waals surface area (Å²) in [5.74, 6) is -0.829. The fourth-order valence-electron chi connectivity index (χ4n) is 3.25. The van der Waals surface area contributed by atoms with E-state index in [1.165, 1.54) is 11.6 Å². The molecule has 0 saturated heterocycles. The zero-order valence-electron chi connectivity index (χ0n) is 17.9. The first-order valence-electron chi connectivity index (χ1n) is 10.2. The van der Waals surface area contributed by atoms with Crippen molar-refractivity contribution in [3.8, 4) is 0 Å². The Morgan fingerprint density at radius 2 is 1.71 bits per heavy atom. The lowest BCUT2D eigenvalue weighted by Crippen LogP contribution is -2.76. The van der Waals surface area contributed by atoms with Gasteiger partial charge in [-0.15, -0.1) is 0 Å². The van der Waals surface area contributed by atoms with Crippen LogP contribution in [-0.4, -0.2) is 6.41 Å². The second kappa shape index (κ2) is 12.4. The quantitative estimate of drug-likeness (QED) is 0.488. The molecule has 1 amide bonds. The van der Waals surface area contributed by atoms with Gasteiger partial charge in [-0.2, -0.15) is 0 Å². The van der Waals surface area contributed by atoms with Crippen LogP contribution in [-0.2, 0) is 11.3 Å². The summed E-state index contributed by atoms with van der Waals surface area (Å²) in [5, 5.41) is 2.14. The third-order valence-electron chi connectivity index (χ3n) is 5.07. The molecule has 1 aliphatic rings. The van der Waals surface area contributed by atoms with Crippen LogP contribution in [0.4, 0.5) is 8.78 Å². The van der Waals surface area contributed by atoms with E-state index in [1.54, 1.807) is 12.1 Å². The summed E-state index contributed by atoms with van der Waals surface area (Å²) in [6.45, 7) is 5.03. The molecular weight excluding hydrogens is 394 g/mol. The molecule has 162 valence electrons. The van der Waals surface area contributed by atoms with E-state index in [9.17, 15) is 8.78 Å². The van der Waals surface area contributed by atoms with Crippen molar-refractivity contribution < 1.29 is 18.9 Å². The van der Waals surface area contributed by atoms with Crippen LogP contribution in [0.2, 0.25) is 0 Å². The van der Waals surface area contributed by atoms with Gasteiger partial charge in [-0.05, 0) is 54.7 Å². The van der Waals surface area contributed by atoms with Gasteiger partial charge in [0.1, 0.15) is 18.2 Å². The molecular formula is C26H29F2N2O+. The normalized spacial score (nSPS) is 14.5. The van der Waals surface area contributed by atoms with Crippen molar-refractivity contribution in [1.29, 1.82) is 0 Å². The van der Waals surface area contributed by atoms with Crippen LogP contribution in [0.1, 0.15) is 43.4 Å². The maximum Gasteiger partial charge on any atom is 0.204 e. The van der Waals surface area contributed by atoms with Crippen molar-refractivity contribution in [3.05, 3.63) is 107 Å². The van der Waals surface area contributed by atoms with Gasteiger partial charge in [0.25, 0.3) is 0 Å². The van der Waals surface area contributed by atoms with E-state index in [4.69, 9.17) is 4.79 Å². The first kappa shape index (κ1) is 24.0. The molecule has 2 aromatic carbocycles. The molecule has 0 radical (unpaired) electrons. The largest absolute Gasteiger partial charge is 0.372 e. The van der Waals surface area contributed by atoms with Gasteiger partial charge < -0.3 is 11.1 Å². The molecule has 3 nitrogen and oxygen atoms in total. The maximum absolute atomic E-state index is 14.0. The Balaban J connectivity index is 0.00000107. The van der Waals surface area contributed by atoms with Crippen LogP contribution in [0.3, 0.4) is 0 Å². The molecule has 0 unspecified atom stereocenters. The number of rotatable bonds is 6. The van der Waals surface area contributed by atoms with Crippen molar-refractivity contribution in [3.63, 3.8) is 0 Å². The lowest BCUT2D eigenvalue weighted by Gasteiger charge is -2.13. The minimum atomic E-state index is -0.461. The third-order valence-corrected chi connectivity index (χ3v) is 5.07. The number of nitrogens with two attached hydrogens (primary N) is 2. The smallest absolute Gasteiger partial charge is 0.204 e. The van der Waals surface area contributed by atoms with Crippen LogP contribution in [0.5, 0.6) is 0 Å². The zero-order valence-corrected chi connectivity index (χ0v) is 17.9. The summed E-state index contributed by atoms with van der Waals surface area (Å²) in [5.41, 5.74) is 9.50.